The first-order valence-corrected chi connectivity index (χ1v) is 4.72. The lowest BCUT2D eigenvalue weighted by Crippen LogP contribution is -2.28. The van der Waals surface area contributed by atoms with Gasteiger partial charge in [-0.25, -0.2) is 4.79 Å². The summed E-state index contributed by atoms with van der Waals surface area (Å²) in [6.45, 7) is 2.56. The highest BCUT2D eigenvalue weighted by atomic mass is 16.6. The standard InChI is InChI=1S/C10H11N3O2/c1-2-15-10(14)13-6-3-8-9(7-13)12-5-4-11-8/h3-6H,2,7H2,1H3. The van der Waals surface area contributed by atoms with Crippen LogP contribution >= 0.6 is 0 Å². The van der Waals surface area contributed by atoms with Gasteiger partial charge in [-0.15, -0.1) is 0 Å². The minimum atomic E-state index is -0.356. The van der Waals surface area contributed by atoms with E-state index in [1.807, 2.05) is 0 Å². The van der Waals surface area contributed by atoms with Crippen molar-refractivity contribution < 1.29 is 9.53 Å². The van der Waals surface area contributed by atoms with Crippen LogP contribution in [0.3, 0.4) is 0 Å². The monoisotopic (exact) mass is 205 g/mol. The van der Waals surface area contributed by atoms with Crippen molar-refractivity contribution in [2.75, 3.05) is 6.61 Å². The summed E-state index contributed by atoms with van der Waals surface area (Å²) >= 11 is 0. The zero-order chi connectivity index (χ0) is 10.7. The van der Waals surface area contributed by atoms with Crippen molar-refractivity contribution in [3.8, 4) is 0 Å². The molecule has 0 unspecified atom stereocenters. The minimum Gasteiger partial charge on any atom is -0.449 e. The molecule has 5 heteroatoms. The highest BCUT2D eigenvalue weighted by Gasteiger charge is 2.18. The maximum atomic E-state index is 11.4. The van der Waals surface area contributed by atoms with Crippen molar-refractivity contribution in [3.63, 3.8) is 0 Å². The zero-order valence-electron chi connectivity index (χ0n) is 8.38. The number of nitrogens with zero attached hydrogens (tertiary/aromatic N) is 3. The quantitative estimate of drug-likeness (QED) is 0.695. The summed E-state index contributed by atoms with van der Waals surface area (Å²) in [4.78, 5) is 21.2. The summed E-state index contributed by atoms with van der Waals surface area (Å²) in [5.74, 6) is 0. The van der Waals surface area contributed by atoms with Gasteiger partial charge < -0.3 is 4.74 Å². The lowest BCUT2D eigenvalue weighted by molar-refractivity contribution is 0.120. The molecule has 1 aromatic heterocycles. The normalized spacial score (nSPS) is 13.5. The van der Waals surface area contributed by atoms with Gasteiger partial charge >= 0.3 is 6.09 Å². The van der Waals surface area contributed by atoms with E-state index in [0.717, 1.165) is 11.4 Å². The molecule has 0 N–H and O–H groups in total. The molecule has 1 aliphatic rings. The Hall–Kier alpha value is -1.91. The van der Waals surface area contributed by atoms with E-state index in [-0.39, 0.29) is 6.09 Å². The molecular weight excluding hydrogens is 194 g/mol. The Labute approximate surface area is 87.4 Å². The first-order valence-electron chi connectivity index (χ1n) is 4.72. The zero-order valence-corrected chi connectivity index (χ0v) is 8.38. The molecule has 1 aliphatic heterocycles. The lowest BCUT2D eigenvalue weighted by atomic mass is 10.2. The lowest BCUT2D eigenvalue weighted by Gasteiger charge is -2.20. The molecule has 0 aliphatic carbocycles. The molecule has 1 aromatic rings. The molecule has 0 spiro atoms. The van der Waals surface area contributed by atoms with Gasteiger partial charge in [0.1, 0.15) is 0 Å². The van der Waals surface area contributed by atoms with Crippen LogP contribution in [0.5, 0.6) is 0 Å². The molecule has 78 valence electrons. The average Bonchev–Trinajstić information content (AvgIpc) is 2.29. The van der Waals surface area contributed by atoms with Crippen molar-refractivity contribution in [2.24, 2.45) is 0 Å². The van der Waals surface area contributed by atoms with Gasteiger partial charge in [-0.2, -0.15) is 0 Å². The Morgan fingerprint density at radius 1 is 1.53 bits per heavy atom. The smallest absolute Gasteiger partial charge is 0.414 e. The number of rotatable bonds is 1. The van der Waals surface area contributed by atoms with Crippen LogP contribution in [-0.4, -0.2) is 27.6 Å². The van der Waals surface area contributed by atoms with Crippen LogP contribution in [-0.2, 0) is 11.3 Å². The fraction of sp³-hybridized carbons (Fsp3) is 0.300. The van der Waals surface area contributed by atoms with E-state index in [2.05, 4.69) is 9.97 Å². The van der Waals surface area contributed by atoms with Crippen LogP contribution in [0.2, 0.25) is 0 Å². The summed E-state index contributed by atoms with van der Waals surface area (Å²) in [6.07, 6.45) is 6.30. The van der Waals surface area contributed by atoms with E-state index in [4.69, 9.17) is 4.74 Å². The van der Waals surface area contributed by atoms with E-state index in [9.17, 15) is 4.79 Å². The third-order valence-electron chi connectivity index (χ3n) is 2.04. The van der Waals surface area contributed by atoms with Crippen molar-refractivity contribution in [1.29, 1.82) is 0 Å². The fourth-order valence-electron chi connectivity index (χ4n) is 1.35. The molecule has 0 atom stereocenters. The number of fused-ring (bicyclic) bond motifs is 1. The Balaban J connectivity index is 2.15. The highest BCUT2D eigenvalue weighted by molar-refractivity contribution is 5.71. The van der Waals surface area contributed by atoms with Gasteiger partial charge in [-0.1, -0.05) is 0 Å². The molecule has 0 saturated heterocycles. The van der Waals surface area contributed by atoms with Crippen molar-refractivity contribution in [2.45, 2.75) is 13.5 Å². The average molecular weight is 205 g/mol. The van der Waals surface area contributed by atoms with E-state index in [0.29, 0.717) is 13.2 Å². The molecular formula is C10H11N3O2. The van der Waals surface area contributed by atoms with Crippen molar-refractivity contribution >= 4 is 12.2 Å². The largest absolute Gasteiger partial charge is 0.449 e. The predicted molar refractivity (Wildman–Crippen MR) is 53.6 cm³/mol. The van der Waals surface area contributed by atoms with E-state index < -0.39 is 0 Å². The minimum absolute atomic E-state index is 0.356. The van der Waals surface area contributed by atoms with Gasteiger partial charge in [-0.05, 0) is 13.0 Å². The van der Waals surface area contributed by atoms with Gasteiger partial charge in [0.15, 0.2) is 0 Å². The second kappa shape index (κ2) is 4.08. The van der Waals surface area contributed by atoms with Crippen LogP contribution in [0.1, 0.15) is 18.3 Å². The van der Waals surface area contributed by atoms with Crippen molar-refractivity contribution in [1.82, 2.24) is 14.9 Å². The maximum Gasteiger partial charge on any atom is 0.414 e. The first kappa shape index (κ1) is 9.64. The van der Waals surface area contributed by atoms with Gasteiger partial charge in [0.25, 0.3) is 0 Å². The van der Waals surface area contributed by atoms with Gasteiger partial charge in [0, 0.05) is 18.6 Å². The third kappa shape index (κ3) is 1.96. The number of ether oxygens (including phenoxy) is 1. The molecule has 0 radical (unpaired) electrons. The number of aromatic nitrogens is 2. The number of amides is 1. The van der Waals surface area contributed by atoms with E-state index >= 15 is 0 Å². The summed E-state index contributed by atoms with van der Waals surface area (Å²) in [6, 6.07) is 0. The molecule has 15 heavy (non-hydrogen) atoms. The highest BCUT2D eigenvalue weighted by Crippen LogP contribution is 2.15. The van der Waals surface area contributed by atoms with E-state index in [1.165, 1.54) is 4.90 Å². The second-order valence-electron chi connectivity index (χ2n) is 3.03. The Bertz CT molecular complexity index is 403. The molecule has 5 nitrogen and oxygen atoms in total. The predicted octanol–water partition coefficient (Wildman–Crippen LogP) is 1.42. The maximum absolute atomic E-state index is 11.4. The summed E-state index contributed by atoms with van der Waals surface area (Å²) in [7, 11) is 0. The van der Waals surface area contributed by atoms with Crippen LogP contribution < -0.4 is 0 Å². The van der Waals surface area contributed by atoms with Crippen LogP contribution in [0.25, 0.3) is 6.08 Å². The molecule has 0 saturated carbocycles. The number of hydrogen-bond acceptors (Lipinski definition) is 4. The SMILES string of the molecule is CCOC(=O)N1C=Cc2nccnc2C1. The topological polar surface area (TPSA) is 55.3 Å². The Kier molecular flexibility index (Phi) is 2.62. The molecule has 0 bridgehead atoms. The third-order valence-corrected chi connectivity index (χ3v) is 2.04. The molecule has 0 fully saturated rings. The Morgan fingerprint density at radius 2 is 2.33 bits per heavy atom. The van der Waals surface area contributed by atoms with Crippen LogP contribution in [0.15, 0.2) is 18.6 Å². The summed E-state index contributed by atoms with van der Waals surface area (Å²) in [5, 5.41) is 0. The number of hydrogen-bond donors (Lipinski definition) is 0. The van der Waals surface area contributed by atoms with Crippen LogP contribution in [0.4, 0.5) is 4.79 Å². The van der Waals surface area contributed by atoms with Gasteiger partial charge in [0.05, 0.1) is 24.5 Å². The Morgan fingerprint density at radius 3 is 3.13 bits per heavy atom. The number of carbonyl (C=O) groups is 1. The first-order chi connectivity index (χ1) is 7.31. The van der Waals surface area contributed by atoms with E-state index in [1.54, 1.807) is 31.6 Å². The molecule has 1 amide bonds. The van der Waals surface area contributed by atoms with Gasteiger partial charge in [0.2, 0.25) is 0 Å². The fourth-order valence-corrected chi connectivity index (χ4v) is 1.35. The molecule has 2 heterocycles. The van der Waals surface area contributed by atoms with Crippen LogP contribution in [0, 0.1) is 0 Å². The molecule has 2 rings (SSSR count). The summed E-state index contributed by atoms with van der Waals surface area (Å²) < 4.78 is 4.88. The summed E-state index contributed by atoms with van der Waals surface area (Å²) in [5.41, 5.74) is 1.59. The number of carbonyl (C=O) groups excluding carboxylic acids is 1. The second-order valence-corrected chi connectivity index (χ2v) is 3.03. The molecule has 0 aromatic carbocycles. The van der Waals surface area contributed by atoms with Gasteiger partial charge in [-0.3, -0.25) is 14.9 Å². The van der Waals surface area contributed by atoms with Crippen molar-refractivity contribution in [3.05, 3.63) is 30.0 Å².